The highest BCUT2D eigenvalue weighted by Gasteiger charge is 2.32. The lowest BCUT2D eigenvalue weighted by molar-refractivity contribution is -0.141. The van der Waals surface area contributed by atoms with E-state index in [0.717, 1.165) is 23.8 Å². The molecular weight excluding hydrogens is 297 g/mol. The molecule has 0 spiro atoms. The molecule has 1 heterocycles. The van der Waals surface area contributed by atoms with E-state index in [1.54, 1.807) is 4.98 Å². The monoisotopic (exact) mass is 320 g/mol. The molecule has 7 heteroatoms. The van der Waals surface area contributed by atoms with Gasteiger partial charge < -0.3 is 4.98 Å². The Kier molecular flexibility index (Phi) is 7.41. The van der Waals surface area contributed by atoms with Crippen molar-refractivity contribution in [1.82, 2.24) is 9.55 Å². The van der Waals surface area contributed by atoms with Gasteiger partial charge in [0, 0.05) is 12.6 Å². The Morgan fingerprint density at radius 2 is 1.55 bits per heavy atom. The molecule has 0 amide bonds. The Bertz CT molecular complexity index is 530. The maximum absolute atomic E-state index is 12.4. The normalized spacial score (nSPS) is 11.8. The third-order valence-electron chi connectivity index (χ3n) is 3.56. The van der Waals surface area contributed by atoms with Gasteiger partial charge in [0.1, 0.15) is 5.69 Å². The number of aromatic amines is 1. The summed E-state index contributed by atoms with van der Waals surface area (Å²) in [5.74, 6) is 0. The highest BCUT2D eigenvalue weighted by atomic mass is 19.4. The second-order valence-corrected chi connectivity index (χ2v) is 5.45. The number of unbranched alkanes of at least 4 members (excludes halogenated alkanes) is 7. The molecular formula is C15H23F3N2O2. The Labute approximate surface area is 127 Å². The molecule has 22 heavy (non-hydrogen) atoms. The van der Waals surface area contributed by atoms with Crippen molar-refractivity contribution in [1.29, 1.82) is 0 Å². The first kappa shape index (κ1) is 18.5. The van der Waals surface area contributed by atoms with Crippen LogP contribution in [-0.2, 0) is 12.7 Å². The van der Waals surface area contributed by atoms with Gasteiger partial charge in [0.25, 0.3) is 5.56 Å². The molecule has 1 N–H and O–H groups in total. The van der Waals surface area contributed by atoms with Gasteiger partial charge in [-0.3, -0.25) is 9.36 Å². The maximum Gasteiger partial charge on any atom is 0.431 e. The molecule has 0 aliphatic rings. The molecule has 0 aliphatic heterocycles. The second-order valence-electron chi connectivity index (χ2n) is 5.45. The smallest absolute Gasteiger partial charge is 0.303 e. The molecule has 0 aromatic carbocycles. The number of H-pyrrole nitrogens is 1. The van der Waals surface area contributed by atoms with E-state index in [0.29, 0.717) is 12.5 Å². The van der Waals surface area contributed by atoms with E-state index >= 15 is 0 Å². The molecule has 1 aromatic rings. The summed E-state index contributed by atoms with van der Waals surface area (Å²) in [5, 5.41) is 0. The first-order valence-electron chi connectivity index (χ1n) is 7.77. The van der Waals surface area contributed by atoms with Crippen molar-refractivity contribution in [2.45, 2.75) is 71.0 Å². The van der Waals surface area contributed by atoms with Crippen LogP contribution in [0.15, 0.2) is 15.7 Å². The predicted octanol–water partition coefficient (Wildman–Crippen LogP) is 3.70. The van der Waals surface area contributed by atoms with E-state index in [9.17, 15) is 22.8 Å². The number of rotatable bonds is 9. The van der Waals surface area contributed by atoms with Gasteiger partial charge in [0.2, 0.25) is 0 Å². The molecule has 0 saturated heterocycles. The average molecular weight is 320 g/mol. The van der Waals surface area contributed by atoms with E-state index in [2.05, 4.69) is 6.92 Å². The number of nitrogens with one attached hydrogen (secondary N) is 1. The zero-order valence-electron chi connectivity index (χ0n) is 12.8. The molecule has 0 fully saturated rings. The summed E-state index contributed by atoms with van der Waals surface area (Å²) in [7, 11) is 0. The second kappa shape index (κ2) is 8.80. The van der Waals surface area contributed by atoms with Crippen LogP contribution >= 0.6 is 0 Å². The average Bonchev–Trinajstić information content (AvgIpc) is 2.43. The third-order valence-corrected chi connectivity index (χ3v) is 3.56. The van der Waals surface area contributed by atoms with Crippen LogP contribution < -0.4 is 11.2 Å². The molecule has 0 saturated carbocycles. The van der Waals surface area contributed by atoms with E-state index in [4.69, 9.17) is 0 Å². The summed E-state index contributed by atoms with van der Waals surface area (Å²) < 4.78 is 38.1. The zero-order chi connectivity index (χ0) is 16.6. The van der Waals surface area contributed by atoms with E-state index in [1.165, 1.54) is 25.7 Å². The van der Waals surface area contributed by atoms with E-state index in [1.807, 2.05) is 0 Å². The molecule has 126 valence electrons. The molecule has 1 aromatic heterocycles. The van der Waals surface area contributed by atoms with Crippen molar-refractivity contribution in [3.8, 4) is 0 Å². The van der Waals surface area contributed by atoms with Gasteiger partial charge in [-0.25, -0.2) is 4.79 Å². The van der Waals surface area contributed by atoms with Gasteiger partial charge in [-0.2, -0.15) is 13.2 Å². The fourth-order valence-electron chi connectivity index (χ4n) is 2.29. The molecule has 4 nitrogen and oxygen atoms in total. The summed E-state index contributed by atoms with van der Waals surface area (Å²) >= 11 is 0. The highest BCUT2D eigenvalue weighted by Crippen LogP contribution is 2.25. The van der Waals surface area contributed by atoms with Crippen LogP contribution in [0.5, 0.6) is 0 Å². The SMILES string of the molecule is CCCCCCCCCCn1c(=O)cc(C(F)(F)F)[nH]c1=O. The molecule has 0 atom stereocenters. The minimum absolute atomic E-state index is 0.154. The van der Waals surface area contributed by atoms with Crippen LogP contribution in [0.4, 0.5) is 13.2 Å². The van der Waals surface area contributed by atoms with Crippen molar-refractivity contribution in [2.24, 2.45) is 0 Å². The number of hydrogen-bond donors (Lipinski definition) is 1. The van der Waals surface area contributed by atoms with Crippen LogP contribution in [0.2, 0.25) is 0 Å². The van der Waals surface area contributed by atoms with E-state index < -0.39 is 23.1 Å². The molecule has 1 rings (SSSR count). The van der Waals surface area contributed by atoms with Crippen LogP contribution in [0.3, 0.4) is 0 Å². The van der Waals surface area contributed by atoms with Gasteiger partial charge in [-0.05, 0) is 6.42 Å². The maximum atomic E-state index is 12.4. The first-order valence-corrected chi connectivity index (χ1v) is 7.77. The lowest BCUT2D eigenvalue weighted by atomic mass is 10.1. The molecule has 0 unspecified atom stereocenters. The van der Waals surface area contributed by atoms with Crippen LogP contribution in [0, 0.1) is 0 Å². The standard InChI is InChI=1S/C15H23F3N2O2/c1-2-3-4-5-6-7-8-9-10-20-13(21)11-12(15(16,17)18)19-14(20)22/h11H,2-10H2,1H3,(H,19,22). The fraction of sp³-hybridized carbons (Fsp3) is 0.733. The van der Waals surface area contributed by atoms with Crippen molar-refractivity contribution in [3.63, 3.8) is 0 Å². The van der Waals surface area contributed by atoms with Crippen molar-refractivity contribution >= 4 is 0 Å². The highest BCUT2D eigenvalue weighted by molar-refractivity contribution is 5.03. The lowest BCUT2D eigenvalue weighted by Gasteiger charge is -2.08. The van der Waals surface area contributed by atoms with Gasteiger partial charge in [-0.15, -0.1) is 0 Å². The summed E-state index contributed by atoms with van der Waals surface area (Å²) in [6, 6.07) is 0.437. The van der Waals surface area contributed by atoms with Gasteiger partial charge in [0.15, 0.2) is 0 Å². The predicted molar refractivity (Wildman–Crippen MR) is 78.9 cm³/mol. The molecule has 0 radical (unpaired) electrons. The summed E-state index contributed by atoms with van der Waals surface area (Å²) in [5.41, 5.74) is -3.20. The number of alkyl halides is 3. The Morgan fingerprint density at radius 3 is 2.05 bits per heavy atom. The lowest BCUT2D eigenvalue weighted by Crippen LogP contribution is -2.37. The van der Waals surface area contributed by atoms with Gasteiger partial charge >= 0.3 is 11.9 Å². The van der Waals surface area contributed by atoms with E-state index in [-0.39, 0.29) is 6.54 Å². The Hall–Kier alpha value is -1.53. The van der Waals surface area contributed by atoms with Crippen LogP contribution in [0.1, 0.15) is 64.0 Å². The Morgan fingerprint density at radius 1 is 1.00 bits per heavy atom. The third kappa shape index (κ3) is 6.07. The van der Waals surface area contributed by atoms with Crippen molar-refractivity contribution in [3.05, 3.63) is 32.6 Å². The van der Waals surface area contributed by atoms with Crippen LogP contribution in [-0.4, -0.2) is 9.55 Å². The number of nitrogens with zero attached hydrogens (tertiary/aromatic N) is 1. The fourth-order valence-corrected chi connectivity index (χ4v) is 2.29. The summed E-state index contributed by atoms with van der Waals surface area (Å²) in [4.78, 5) is 24.9. The largest absolute Gasteiger partial charge is 0.431 e. The minimum atomic E-state index is -4.71. The first-order chi connectivity index (χ1) is 10.4. The Balaban J connectivity index is 2.44. The summed E-state index contributed by atoms with van der Waals surface area (Å²) in [6.45, 7) is 2.31. The van der Waals surface area contributed by atoms with Crippen LogP contribution in [0.25, 0.3) is 0 Å². The minimum Gasteiger partial charge on any atom is -0.303 e. The molecule has 0 aliphatic carbocycles. The summed E-state index contributed by atoms with van der Waals surface area (Å²) in [6.07, 6.45) is 3.70. The van der Waals surface area contributed by atoms with Gasteiger partial charge in [0.05, 0.1) is 0 Å². The quantitative estimate of drug-likeness (QED) is 0.705. The topological polar surface area (TPSA) is 54.9 Å². The number of halogens is 3. The van der Waals surface area contributed by atoms with Crippen molar-refractivity contribution < 1.29 is 13.2 Å². The number of hydrogen-bond acceptors (Lipinski definition) is 2. The zero-order valence-corrected chi connectivity index (χ0v) is 12.8. The van der Waals surface area contributed by atoms with Gasteiger partial charge in [-0.1, -0.05) is 51.9 Å². The molecule has 0 bridgehead atoms. The van der Waals surface area contributed by atoms with Crippen molar-refractivity contribution in [2.75, 3.05) is 0 Å². The number of aromatic nitrogens is 2.